The van der Waals surface area contributed by atoms with E-state index in [1.54, 1.807) is 19.2 Å². The van der Waals surface area contributed by atoms with Crippen molar-refractivity contribution in [3.63, 3.8) is 0 Å². The van der Waals surface area contributed by atoms with Gasteiger partial charge in [-0.3, -0.25) is 4.99 Å². The standard InChI is InChI=1S/C24H29N3O3S/c1-25-24(27-16-14-19-8-12-23(13-9-19)31(2,28)29)26-15-5-17-30-22-11-10-20-6-3-4-7-21(20)18-22/h3-4,6-13,18H,5,14-17H2,1-2H3,(H2,25,26,27). The number of hydrogen-bond donors (Lipinski definition) is 2. The Morgan fingerprint density at radius 3 is 2.35 bits per heavy atom. The lowest BCUT2D eigenvalue weighted by atomic mass is 10.1. The molecule has 0 radical (unpaired) electrons. The van der Waals surface area contributed by atoms with E-state index < -0.39 is 9.84 Å². The molecule has 0 heterocycles. The number of ether oxygens (including phenoxy) is 1. The summed E-state index contributed by atoms with van der Waals surface area (Å²) in [5, 5.41) is 8.93. The predicted molar refractivity (Wildman–Crippen MR) is 127 cm³/mol. The van der Waals surface area contributed by atoms with Gasteiger partial charge in [-0.05, 0) is 53.4 Å². The molecule has 0 aliphatic heterocycles. The van der Waals surface area contributed by atoms with Crippen LogP contribution in [-0.2, 0) is 16.3 Å². The zero-order valence-corrected chi connectivity index (χ0v) is 18.8. The number of fused-ring (bicyclic) bond motifs is 1. The number of benzene rings is 3. The van der Waals surface area contributed by atoms with E-state index in [9.17, 15) is 8.42 Å². The average molecular weight is 440 g/mol. The molecule has 6 nitrogen and oxygen atoms in total. The summed E-state index contributed by atoms with van der Waals surface area (Å²) in [6, 6.07) is 21.3. The Morgan fingerprint density at radius 1 is 0.935 bits per heavy atom. The minimum Gasteiger partial charge on any atom is -0.494 e. The molecule has 0 bridgehead atoms. The SMILES string of the molecule is CN=C(NCCCOc1ccc2ccccc2c1)NCCc1ccc(S(C)(=O)=O)cc1. The molecule has 3 rings (SSSR count). The number of nitrogens with zero attached hydrogens (tertiary/aromatic N) is 1. The van der Waals surface area contributed by atoms with E-state index in [2.05, 4.69) is 39.9 Å². The van der Waals surface area contributed by atoms with Crippen molar-refractivity contribution in [3.8, 4) is 5.75 Å². The monoisotopic (exact) mass is 439 g/mol. The molecule has 0 atom stereocenters. The Morgan fingerprint density at radius 2 is 1.65 bits per heavy atom. The van der Waals surface area contributed by atoms with Gasteiger partial charge in [0.2, 0.25) is 0 Å². The highest BCUT2D eigenvalue weighted by Gasteiger charge is 2.06. The van der Waals surface area contributed by atoms with Crippen molar-refractivity contribution < 1.29 is 13.2 Å². The molecule has 3 aromatic rings. The van der Waals surface area contributed by atoms with Gasteiger partial charge in [0.05, 0.1) is 11.5 Å². The van der Waals surface area contributed by atoms with Crippen LogP contribution in [0.1, 0.15) is 12.0 Å². The van der Waals surface area contributed by atoms with Crippen LogP contribution in [0.2, 0.25) is 0 Å². The van der Waals surface area contributed by atoms with Crippen LogP contribution in [0.4, 0.5) is 0 Å². The number of nitrogens with one attached hydrogen (secondary N) is 2. The summed E-state index contributed by atoms with van der Waals surface area (Å²) in [5.41, 5.74) is 1.07. The maximum Gasteiger partial charge on any atom is 0.190 e. The van der Waals surface area contributed by atoms with Crippen molar-refractivity contribution in [2.24, 2.45) is 4.99 Å². The molecule has 0 saturated heterocycles. The molecule has 3 aromatic carbocycles. The minimum atomic E-state index is -3.16. The first-order valence-electron chi connectivity index (χ1n) is 10.3. The van der Waals surface area contributed by atoms with E-state index in [-0.39, 0.29) is 0 Å². The number of rotatable bonds is 9. The largest absolute Gasteiger partial charge is 0.494 e. The van der Waals surface area contributed by atoms with Gasteiger partial charge in [0, 0.05) is 26.4 Å². The Balaban J connectivity index is 1.34. The van der Waals surface area contributed by atoms with Gasteiger partial charge in [0.15, 0.2) is 15.8 Å². The summed E-state index contributed by atoms with van der Waals surface area (Å²) < 4.78 is 28.9. The van der Waals surface area contributed by atoms with E-state index in [1.165, 1.54) is 17.0 Å². The Labute approximate surface area is 184 Å². The maximum atomic E-state index is 11.5. The van der Waals surface area contributed by atoms with Crippen molar-refractivity contribution >= 4 is 26.6 Å². The second-order valence-electron chi connectivity index (χ2n) is 7.30. The van der Waals surface area contributed by atoms with Gasteiger partial charge in [0.25, 0.3) is 0 Å². The van der Waals surface area contributed by atoms with Crippen molar-refractivity contribution in [2.75, 3.05) is 33.0 Å². The molecule has 164 valence electrons. The van der Waals surface area contributed by atoms with Crippen molar-refractivity contribution in [1.82, 2.24) is 10.6 Å². The molecular weight excluding hydrogens is 410 g/mol. The Hall–Kier alpha value is -3.06. The molecule has 7 heteroatoms. The van der Waals surface area contributed by atoms with Crippen molar-refractivity contribution in [1.29, 1.82) is 0 Å². The van der Waals surface area contributed by atoms with Gasteiger partial charge in [0.1, 0.15) is 5.75 Å². The van der Waals surface area contributed by atoms with E-state index in [4.69, 9.17) is 4.74 Å². The molecule has 2 N–H and O–H groups in total. The van der Waals surface area contributed by atoms with Crippen LogP contribution in [0.15, 0.2) is 76.6 Å². The van der Waals surface area contributed by atoms with Crippen LogP contribution in [0.3, 0.4) is 0 Å². The van der Waals surface area contributed by atoms with Gasteiger partial charge in [-0.2, -0.15) is 0 Å². The highest BCUT2D eigenvalue weighted by molar-refractivity contribution is 7.90. The van der Waals surface area contributed by atoms with Crippen molar-refractivity contribution in [2.45, 2.75) is 17.7 Å². The molecule has 31 heavy (non-hydrogen) atoms. The van der Waals surface area contributed by atoms with E-state index in [0.717, 1.165) is 36.7 Å². The van der Waals surface area contributed by atoms with Crippen LogP contribution in [0.25, 0.3) is 10.8 Å². The fourth-order valence-electron chi connectivity index (χ4n) is 3.18. The lowest BCUT2D eigenvalue weighted by molar-refractivity contribution is 0.311. The van der Waals surface area contributed by atoms with Crippen LogP contribution in [0, 0.1) is 0 Å². The van der Waals surface area contributed by atoms with E-state index in [0.29, 0.717) is 18.0 Å². The first-order chi connectivity index (χ1) is 15.0. The summed E-state index contributed by atoms with van der Waals surface area (Å²) in [6.07, 6.45) is 2.84. The maximum absolute atomic E-state index is 11.5. The third-order valence-corrected chi connectivity index (χ3v) is 6.01. The molecule has 0 aliphatic rings. The zero-order valence-electron chi connectivity index (χ0n) is 18.0. The van der Waals surface area contributed by atoms with Crippen LogP contribution < -0.4 is 15.4 Å². The topological polar surface area (TPSA) is 79.8 Å². The Bertz CT molecular complexity index is 1130. The normalized spacial score (nSPS) is 12.0. The van der Waals surface area contributed by atoms with E-state index >= 15 is 0 Å². The first-order valence-corrected chi connectivity index (χ1v) is 12.2. The fourth-order valence-corrected chi connectivity index (χ4v) is 3.81. The van der Waals surface area contributed by atoms with E-state index in [1.807, 2.05) is 30.3 Å². The number of sulfone groups is 1. The summed E-state index contributed by atoms with van der Waals surface area (Å²) >= 11 is 0. The quantitative estimate of drug-likeness (QED) is 0.303. The Kier molecular flexibility index (Phi) is 7.89. The lowest BCUT2D eigenvalue weighted by Gasteiger charge is -2.12. The van der Waals surface area contributed by atoms with Gasteiger partial charge >= 0.3 is 0 Å². The molecule has 0 aromatic heterocycles. The molecule has 0 saturated carbocycles. The third kappa shape index (κ3) is 7.00. The van der Waals surface area contributed by atoms with Gasteiger partial charge in [-0.1, -0.05) is 42.5 Å². The highest BCUT2D eigenvalue weighted by Crippen LogP contribution is 2.20. The smallest absolute Gasteiger partial charge is 0.190 e. The number of guanidine groups is 1. The van der Waals surface area contributed by atoms with Crippen LogP contribution >= 0.6 is 0 Å². The molecule has 0 aliphatic carbocycles. The number of hydrogen-bond acceptors (Lipinski definition) is 4. The summed E-state index contributed by atoms with van der Waals surface area (Å²) in [5.74, 6) is 1.61. The molecular formula is C24H29N3O3S. The second-order valence-corrected chi connectivity index (χ2v) is 9.32. The summed E-state index contributed by atoms with van der Waals surface area (Å²) in [4.78, 5) is 4.57. The number of aliphatic imine (C=N–C) groups is 1. The molecule has 0 unspecified atom stereocenters. The van der Waals surface area contributed by atoms with Gasteiger partial charge in [-0.25, -0.2) is 8.42 Å². The van der Waals surface area contributed by atoms with Crippen LogP contribution in [0.5, 0.6) is 5.75 Å². The average Bonchev–Trinajstić information content (AvgIpc) is 2.77. The van der Waals surface area contributed by atoms with Crippen molar-refractivity contribution in [3.05, 3.63) is 72.3 Å². The molecule has 0 spiro atoms. The summed E-state index contributed by atoms with van der Waals surface area (Å²) in [6.45, 7) is 2.07. The highest BCUT2D eigenvalue weighted by atomic mass is 32.2. The fraction of sp³-hybridized carbons (Fsp3) is 0.292. The van der Waals surface area contributed by atoms with Gasteiger partial charge in [-0.15, -0.1) is 0 Å². The minimum absolute atomic E-state index is 0.340. The first kappa shape index (κ1) is 22.6. The van der Waals surface area contributed by atoms with Crippen LogP contribution in [-0.4, -0.2) is 47.4 Å². The predicted octanol–water partition coefficient (Wildman–Crippen LogP) is 3.42. The second kappa shape index (κ2) is 10.8. The molecule has 0 amide bonds. The molecule has 0 fully saturated rings. The lowest BCUT2D eigenvalue weighted by Crippen LogP contribution is -2.39. The zero-order chi connectivity index (χ0) is 22.1. The van der Waals surface area contributed by atoms with Gasteiger partial charge < -0.3 is 15.4 Å². The summed E-state index contributed by atoms with van der Waals surface area (Å²) in [7, 11) is -1.42. The third-order valence-electron chi connectivity index (χ3n) is 4.88.